The number of hydrogen-bond acceptors (Lipinski definition) is 3. The fourth-order valence-corrected chi connectivity index (χ4v) is 1.84. The van der Waals surface area contributed by atoms with Crippen LogP contribution in [0.15, 0.2) is 39.4 Å². The van der Waals surface area contributed by atoms with Gasteiger partial charge in [0, 0.05) is 11.4 Å². The van der Waals surface area contributed by atoms with Gasteiger partial charge in [0.15, 0.2) is 11.6 Å². The molecule has 0 spiro atoms. The van der Waals surface area contributed by atoms with Gasteiger partial charge in [-0.3, -0.25) is 4.79 Å². The number of oxazole rings is 1. The van der Waals surface area contributed by atoms with Crippen LogP contribution in [0.1, 0.15) is 34.9 Å². The SMILES string of the molecule is Cc1nc(C(=O)NC(C)c2ccc(Br)cc2)co1. The van der Waals surface area contributed by atoms with Crippen molar-refractivity contribution in [3.8, 4) is 0 Å². The molecule has 1 unspecified atom stereocenters. The normalized spacial score (nSPS) is 12.2. The second kappa shape index (κ2) is 5.35. The monoisotopic (exact) mass is 308 g/mol. The third kappa shape index (κ3) is 2.98. The van der Waals surface area contributed by atoms with E-state index in [1.165, 1.54) is 6.26 Å². The van der Waals surface area contributed by atoms with Crippen LogP contribution in [0.5, 0.6) is 0 Å². The van der Waals surface area contributed by atoms with Gasteiger partial charge in [-0.2, -0.15) is 0 Å². The number of aromatic nitrogens is 1. The van der Waals surface area contributed by atoms with Crippen molar-refractivity contribution in [2.45, 2.75) is 19.9 Å². The van der Waals surface area contributed by atoms with Gasteiger partial charge in [0.2, 0.25) is 0 Å². The van der Waals surface area contributed by atoms with E-state index < -0.39 is 0 Å². The zero-order chi connectivity index (χ0) is 13.1. The van der Waals surface area contributed by atoms with Crippen molar-refractivity contribution in [1.82, 2.24) is 10.3 Å². The van der Waals surface area contributed by atoms with Crippen molar-refractivity contribution in [3.63, 3.8) is 0 Å². The molecule has 0 aliphatic rings. The van der Waals surface area contributed by atoms with E-state index in [9.17, 15) is 4.79 Å². The minimum atomic E-state index is -0.234. The number of halogens is 1. The first-order valence-corrected chi connectivity index (χ1v) is 6.34. The summed E-state index contributed by atoms with van der Waals surface area (Å²) in [6.07, 6.45) is 1.36. The summed E-state index contributed by atoms with van der Waals surface area (Å²) in [4.78, 5) is 15.9. The van der Waals surface area contributed by atoms with E-state index in [1.807, 2.05) is 31.2 Å². The number of aryl methyl sites for hydroxylation is 1. The standard InChI is InChI=1S/C13H13BrN2O2/c1-8(10-3-5-11(14)6-4-10)15-13(17)12-7-18-9(2)16-12/h3-8H,1-2H3,(H,15,17). The molecule has 1 aromatic heterocycles. The highest BCUT2D eigenvalue weighted by atomic mass is 79.9. The molecule has 0 bridgehead atoms. The van der Waals surface area contributed by atoms with Crippen molar-refractivity contribution < 1.29 is 9.21 Å². The lowest BCUT2D eigenvalue weighted by Crippen LogP contribution is -2.26. The third-order valence-corrected chi connectivity index (χ3v) is 3.10. The number of rotatable bonds is 3. The van der Waals surface area contributed by atoms with Gasteiger partial charge in [-0.05, 0) is 24.6 Å². The van der Waals surface area contributed by atoms with E-state index in [0.717, 1.165) is 10.0 Å². The lowest BCUT2D eigenvalue weighted by molar-refractivity contribution is 0.0935. The van der Waals surface area contributed by atoms with Gasteiger partial charge < -0.3 is 9.73 Å². The van der Waals surface area contributed by atoms with Crippen LogP contribution in [-0.2, 0) is 0 Å². The van der Waals surface area contributed by atoms with Crippen molar-refractivity contribution in [2.24, 2.45) is 0 Å². The third-order valence-electron chi connectivity index (χ3n) is 2.57. The molecule has 0 aliphatic heterocycles. The van der Waals surface area contributed by atoms with Gasteiger partial charge in [0.05, 0.1) is 6.04 Å². The number of nitrogens with one attached hydrogen (secondary N) is 1. The minimum absolute atomic E-state index is 0.0809. The van der Waals surface area contributed by atoms with Crippen LogP contribution in [-0.4, -0.2) is 10.9 Å². The molecule has 0 saturated carbocycles. The molecule has 2 aromatic rings. The second-order valence-electron chi connectivity index (χ2n) is 4.00. The number of carbonyl (C=O) groups excluding carboxylic acids is 1. The molecule has 0 radical (unpaired) electrons. The molecular weight excluding hydrogens is 296 g/mol. The Morgan fingerprint density at radius 3 is 2.61 bits per heavy atom. The van der Waals surface area contributed by atoms with E-state index >= 15 is 0 Å². The second-order valence-corrected chi connectivity index (χ2v) is 4.91. The molecule has 1 amide bonds. The van der Waals surface area contributed by atoms with E-state index in [-0.39, 0.29) is 11.9 Å². The molecule has 0 fully saturated rings. The van der Waals surface area contributed by atoms with E-state index in [1.54, 1.807) is 6.92 Å². The maximum Gasteiger partial charge on any atom is 0.273 e. The van der Waals surface area contributed by atoms with Crippen molar-refractivity contribution >= 4 is 21.8 Å². The van der Waals surface area contributed by atoms with Gasteiger partial charge in [-0.15, -0.1) is 0 Å². The smallest absolute Gasteiger partial charge is 0.273 e. The molecule has 94 valence electrons. The molecule has 1 heterocycles. The van der Waals surface area contributed by atoms with E-state index in [0.29, 0.717) is 11.6 Å². The fraction of sp³-hybridized carbons (Fsp3) is 0.231. The summed E-state index contributed by atoms with van der Waals surface area (Å²) in [6, 6.07) is 7.73. The summed E-state index contributed by atoms with van der Waals surface area (Å²) in [5, 5.41) is 2.87. The first-order chi connectivity index (χ1) is 8.56. The first kappa shape index (κ1) is 12.8. The first-order valence-electron chi connectivity index (χ1n) is 5.54. The van der Waals surface area contributed by atoms with E-state index in [4.69, 9.17) is 4.42 Å². The van der Waals surface area contributed by atoms with Crippen LogP contribution < -0.4 is 5.32 Å². The number of nitrogens with zero attached hydrogens (tertiary/aromatic N) is 1. The van der Waals surface area contributed by atoms with E-state index in [2.05, 4.69) is 26.2 Å². The maximum atomic E-state index is 11.9. The Kier molecular flexibility index (Phi) is 3.81. The molecular formula is C13H13BrN2O2. The van der Waals surface area contributed by atoms with Crippen LogP contribution in [0.4, 0.5) is 0 Å². The summed E-state index contributed by atoms with van der Waals surface area (Å²) < 4.78 is 6.02. The molecule has 1 aromatic carbocycles. The summed E-state index contributed by atoms with van der Waals surface area (Å²) in [5.41, 5.74) is 1.34. The zero-order valence-electron chi connectivity index (χ0n) is 10.1. The van der Waals surface area contributed by atoms with Gasteiger partial charge >= 0.3 is 0 Å². The van der Waals surface area contributed by atoms with Crippen LogP contribution in [0, 0.1) is 6.92 Å². The fourth-order valence-electron chi connectivity index (χ4n) is 1.57. The molecule has 1 N–H and O–H groups in total. The Balaban J connectivity index is 2.05. The van der Waals surface area contributed by atoms with Gasteiger partial charge in [0.25, 0.3) is 5.91 Å². The Hall–Kier alpha value is -1.62. The molecule has 5 heteroatoms. The molecule has 2 rings (SSSR count). The Labute approximate surface area is 114 Å². The molecule has 18 heavy (non-hydrogen) atoms. The van der Waals surface area contributed by atoms with Crippen LogP contribution >= 0.6 is 15.9 Å². The Morgan fingerprint density at radius 1 is 1.39 bits per heavy atom. The minimum Gasteiger partial charge on any atom is -0.448 e. The largest absolute Gasteiger partial charge is 0.448 e. The van der Waals surface area contributed by atoms with Crippen LogP contribution in [0.2, 0.25) is 0 Å². The molecule has 1 atom stereocenters. The molecule has 0 aliphatic carbocycles. The van der Waals surface area contributed by atoms with Crippen molar-refractivity contribution in [1.29, 1.82) is 0 Å². The summed E-state index contributed by atoms with van der Waals surface area (Å²) >= 11 is 3.38. The highest BCUT2D eigenvalue weighted by molar-refractivity contribution is 9.10. The summed E-state index contributed by atoms with van der Waals surface area (Å²) in [6.45, 7) is 3.63. The van der Waals surface area contributed by atoms with Gasteiger partial charge in [-0.1, -0.05) is 28.1 Å². The van der Waals surface area contributed by atoms with Crippen LogP contribution in [0.25, 0.3) is 0 Å². The molecule has 4 nitrogen and oxygen atoms in total. The highest BCUT2D eigenvalue weighted by Crippen LogP contribution is 2.16. The average molecular weight is 309 g/mol. The predicted molar refractivity (Wildman–Crippen MR) is 71.3 cm³/mol. The number of carbonyl (C=O) groups is 1. The summed E-state index contributed by atoms with van der Waals surface area (Å²) in [7, 11) is 0. The molecule has 0 saturated heterocycles. The number of hydrogen-bond donors (Lipinski definition) is 1. The van der Waals surface area contributed by atoms with Crippen molar-refractivity contribution in [3.05, 3.63) is 52.1 Å². The zero-order valence-corrected chi connectivity index (χ0v) is 11.7. The van der Waals surface area contributed by atoms with Crippen molar-refractivity contribution in [2.75, 3.05) is 0 Å². The Bertz CT molecular complexity index is 548. The maximum absolute atomic E-state index is 11.9. The predicted octanol–water partition coefficient (Wildman–Crippen LogP) is 3.24. The summed E-state index contributed by atoms with van der Waals surface area (Å²) in [5.74, 6) is 0.249. The highest BCUT2D eigenvalue weighted by Gasteiger charge is 2.14. The number of amides is 1. The lowest BCUT2D eigenvalue weighted by atomic mass is 10.1. The van der Waals surface area contributed by atoms with Gasteiger partial charge in [-0.25, -0.2) is 4.98 Å². The number of benzene rings is 1. The quantitative estimate of drug-likeness (QED) is 0.947. The van der Waals surface area contributed by atoms with Gasteiger partial charge in [0.1, 0.15) is 6.26 Å². The average Bonchev–Trinajstić information content (AvgIpc) is 2.76. The topological polar surface area (TPSA) is 55.1 Å². The Morgan fingerprint density at radius 2 is 2.06 bits per heavy atom. The van der Waals surface area contributed by atoms with Crippen LogP contribution in [0.3, 0.4) is 0 Å². The lowest BCUT2D eigenvalue weighted by Gasteiger charge is -2.13.